The average Bonchev–Trinajstić information content (AvgIpc) is 4.18. The number of hydrogen-bond acceptors (Lipinski definition) is 17. The SMILES string of the molecule is CC1=C2C(=O)N(C)C(C)=C2C(=O)N1C.CC1=C2SC(=O)C(C)=C2SC1=O.Cc1c(C)c(C)c2nn(C)nc2c1C.Cc1c2c(c(C)c3nsnc13)N=S=N2.Cc1nc(C)c2nsnc2c1C. The highest BCUT2D eigenvalue weighted by molar-refractivity contribution is 8.24. The van der Waals surface area contributed by atoms with Gasteiger partial charge in [-0.15, -0.1) is 0 Å². The molecule has 342 valence electrons. The highest BCUT2D eigenvalue weighted by atomic mass is 32.2. The molecule has 16 nitrogen and oxygen atoms in total. The third-order valence-electron chi connectivity index (χ3n) is 12.5. The molecule has 66 heavy (non-hydrogen) atoms. The van der Waals surface area contributed by atoms with Crippen molar-refractivity contribution >= 4 is 125 Å². The molecule has 0 spiro atoms. The van der Waals surface area contributed by atoms with Gasteiger partial charge in [0.05, 0.1) is 51.7 Å². The summed E-state index contributed by atoms with van der Waals surface area (Å²) in [6, 6.07) is 0. The van der Waals surface area contributed by atoms with Gasteiger partial charge in [0, 0.05) is 70.3 Å². The predicted molar refractivity (Wildman–Crippen MR) is 267 cm³/mol. The van der Waals surface area contributed by atoms with Crippen molar-refractivity contribution in [3.05, 3.63) is 93.8 Å². The molecule has 0 unspecified atom stereocenters. The van der Waals surface area contributed by atoms with Crippen molar-refractivity contribution in [3.63, 3.8) is 0 Å². The van der Waals surface area contributed by atoms with Gasteiger partial charge in [0.2, 0.25) is 10.2 Å². The Morgan fingerprint density at radius 2 is 0.803 bits per heavy atom. The molecule has 0 bridgehead atoms. The number of carbonyl (C=O) groups is 4. The topological polar surface area (TPSA) is 195 Å². The molecule has 0 atom stereocenters. The Bertz CT molecular complexity index is 3190. The summed E-state index contributed by atoms with van der Waals surface area (Å²) in [4.78, 5) is 56.7. The molecule has 5 aliphatic heterocycles. The zero-order valence-corrected chi connectivity index (χ0v) is 43.6. The minimum atomic E-state index is -0.0762. The fraction of sp³-hybridized carbons (Fsp3) is 0.356. The molecular formula is C45H48N12O4S5. The Hall–Kier alpha value is -5.61. The van der Waals surface area contributed by atoms with Crippen LogP contribution in [-0.2, 0) is 37.6 Å². The maximum absolute atomic E-state index is 11.7. The van der Waals surface area contributed by atoms with E-state index in [0.29, 0.717) is 11.1 Å². The number of hydrogen-bond donors (Lipinski definition) is 0. The molecule has 11 rings (SSSR count). The summed E-state index contributed by atoms with van der Waals surface area (Å²) in [5.74, 6) is -0.152. The van der Waals surface area contributed by atoms with Gasteiger partial charge < -0.3 is 9.80 Å². The zero-order valence-electron chi connectivity index (χ0n) is 39.5. The molecule has 0 saturated heterocycles. The maximum atomic E-state index is 11.7. The van der Waals surface area contributed by atoms with Crippen LogP contribution in [0.3, 0.4) is 0 Å². The largest absolute Gasteiger partial charge is 0.315 e. The van der Waals surface area contributed by atoms with Crippen molar-refractivity contribution in [1.82, 2.24) is 47.3 Å². The summed E-state index contributed by atoms with van der Waals surface area (Å²) >= 11 is 6.10. The third kappa shape index (κ3) is 8.28. The Balaban J connectivity index is 0.000000123. The number of fused-ring (bicyclic) bond motifs is 6. The lowest BCUT2D eigenvalue weighted by atomic mass is 9.98. The summed E-state index contributed by atoms with van der Waals surface area (Å²) in [5.41, 5.74) is 22.5. The maximum Gasteiger partial charge on any atom is 0.260 e. The summed E-state index contributed by atoms with van der Waals surface area (Å²) in [7, 11) is 5.25. The van der Waals surface area contributed by atoms with Gasteiger partial charge in [0.1, 0.15) is 44.5 Å². The number of nitrogens with zero attached hydrogens (tertiary/aromatic N) is 12. The van der Waals surface area contributed by atoms with Gasteiger partial charge in [-0.3, -0.25) is 24.2 Å². The van der Waals surface area contributed by atoms with Crippen molar-refractivity contribution < 1.29 is 19.2 Å². The number of allylic oxidation sites excluding steroid dienone is 2. The Morgan fingerprint density at radius 3 is 1.21 bits per heavy atom. The highest BCUT2D eigenvalue weighted by Gasteiger charge is 2.43. The Morgan fingerprint density at radius 1 is 0.424 bits per heavy atom. The van der Waals surface area contributed by atoms with Crippen LogP contribution in [0.25, 0.3) is 33.1 Å². The van der Waals surface area contributed by atoms with E-state index >= 15 is 0 Å². The number of likely N-dealkylation sites (N-methyl/N-ethyl adjacent to an activating group) is 2. The number of benzene rings is 2. The molecule has 2 amide bonds. The number of thioether (sulfide) groups is 2. The average molecular weight is 981 g/mol. The monoisotopic (exact) mass is 980 g/mol. The van der Waals surface area contributed by atoms with Crippen LogP contribution >= 0.6 is 47.0 Å². The van der Waals surface area contributed by atoms with Gasteiger partial charge in [-0.1, -0.05) is 0 Å². The Kier molecular flexibility index (Phi) is 13.6. The van der Waals surface area contributed by atoms with Crippen LogP contribution in [0.5, 0.6) is 0 Å². The first kappa shape index (κ1) is 48.3. The molecule has 6 aromatic rings. The summed E-state index contributed by atoms with van der Waals surface area (Å²) < 4.78 is 25.5. The minimum Gasteiger partial charge on any atom is -0.315 e. The molecular weight excluding hydrogens is 933 g/mol. The van der Waals surface area contributed by atoms with Crippen LogP contribution in [0.4, 0.5) is 11.4 Å². The normalized spacial score (nSPS) is 15.9. The van der Waals surface area contributed by atoms with Crippen LogP contribution in [0.1, 0.15) is 78.0 Å². The molecule has 0 aliphatic carbocycles. The smallest absolute Gasteiger partial charge is 0.260 e. The quantitative estimate of drug-likeness (QED) is 0.139. The number of pyridine rings is 1. The standard InChI is InChI=1S/C11H15N3.C10H12N2O2.C8H6N4S2.C8H9N3S.C8H6O2S2/c1-6-7(2)9(4)11-10(8(6)3)12-14(5)13-11;1-5-7-8(10(14)11(5)3)6(2)12(4)9(7)13;1-3-5-7(11-13-9-5)4(2)8-6(3)10-14-12-8;1-4-5(2)9-6(3)8-7(4)10-12-11-8;1-3-5-6(12-7(3)9)4(2)8(10)11-5/h1-5H3;1-4H3;1-2H3;1-3H3;1-2H3. The summed E-state index contributed by atoms with van der Waals surface area (Å²) in [6.07, 6.45) is 0. The van der Waals surface area contributed by atoms with Crippen molar-refractivity contribution in [2.24, 2.45) is 15.8 Å². The number of aromatic nitrogens is 8. The van der Waals surface area contributed by atoms with Crippen molar-refractivity contribution in [2.75, 3.05) is 14.1 Å². The fourth-order valence-electron chi connectivity index (χ4n) is 7.62. The van der Waals surface area contributed by atoms with E-state index in [9.17, 15) is 19.2 Å². The lowest BCUT2D eigenvalue weighted by molar-refractivity contribution is -0.123. The molecule has 2 aromatic carbocycles. The van der Waals surface area contributed by atoms with E-state index in [1.165, 1.54) is 90.4 Å². The van der Waals surface area contributed by atoms with E-state index < -0.39 is 0 Å². The van der Waals surface area contributed by atoms with Crippen LogP contribution in [0, 0.1) is 62.3 Å². The first-order valence-electron chi connectivity index (χ1n) is 20.6. The predicted octanol–water partition coefficient (Wildman–Crippen LogP) is 9.81. The van der Waals surface area contributed by atoms with Crippen molar-refractivity contribution in [2.45, 2.75) is 90.0 Å². The van der Waals surface area contributed by atoms with Gasteiger partial charge in [-0.25, -0.2) is 0 Å². The second-order valence-corrected chi connectivity index (χ2v) is 19.8. The van der Waals surface area contributed by atoms with Crippen LogP contribution in [0.15, 0.2) is 52.2 Å². The zero-order chi connectivity index (χ0) is 48.4. The molecule has 0 radical (unpaired) electrons. The molecule has 0 N–H and O–H groups in total. The lowest BCUT2D eigenvalue weighted by Gasteiger charge is -2.15. The summed E-state index contributed by atoms with van der Waals surface area (Å²) in [6.45, 7) is 25.7. The van der Waals surface area contributed by atoms with Gasteiger partial charge in [-0.05, 0) is 141 Å². The van der Waals surface area contributed by atoms with E-state index in [0.717, 1.165) is 105 Å². The molecule has 0 saturated carbocycles. The molecule has 5 aliphatic rings. The summed E-state index contributed by atoms with van der Waals surface area (Å²) in [5, 5.41) is 8.93. The second kappa shape index (κ2) is 18.6. The van der Waals surface area contributed by atoms with E-state index in [2.05, 4.69) is 69.1 Å². The number of amides is 2. The van der Waals surface area contributed by atoms with Gasteiger partial charge in [0.15, 0.2) is 0 Å². The minimum absolute atomic E-state index is 0.0762. The van der Waals surface area contributed by atoms with Crippen molar-refractivity contribution in [3.8, 4) is 0 Å². The van der Waals surface area contributed by atoms with Gasteiger partial charge >= 0.3 is 0 Å². The first-order chi connectivity index (χ1) is 31.1. The molecule has 9 heterocycles. The first-order valence-corrected chi connectivity index (χ1v) is 24.4. The molecule has 0 fully saturated rings. The second-order valence-electron chi connectivity index (χ2n) is 16.3. The highest BCUT2D eigenvalue weighted by Crippen LogP contribution is 2.51. The fourth-order valence-corrected chi connectivity index (χ4v) is 11.8. The third-order valence-corrected chi connectivity index (χ3v) is 16.6. The van der Waals surface area contributed by atoms with Crippen molar-refractivity contribution in [1.29, 1.82) is 0 Å². The van der Waals surface area contributed by atoms with Crippen LogP contribution in [0.2, 0.25) is 0 Å². The molecule has 21 heteroatoms. The number of aryl methyl sites for hydroxylation is 8. The van der Waals surface area contributed by atoms with Crippen LogP contribution in [-0.4, -0.2) is 83.4 Å². The van der Waals surface area contributed by atoms with E-state index in [4.69, 9.17) is 0 Å². The lowest BCUT2D eigenvalue weighted by Crippen LogP contribution is -2.24. The van der Waals surface area contributed by atoms with E-state index in [1.54, 1.807) is 46.6 Å². The number of carbonyl (C=O) groups excluding carboxylic acids is 4. The van der Waals surface area contributed by atoms with E-state index in [-0.39, 0.29) is 22.0 Å². The molecule has 4 aromatic heterocycles. The van der Waals surface area contributed by atoms with Crippen LogP contribution < -0.4 is 0 Å². The number of rotatable bonds is 0. The van der Waals surface area contributed by atoms with E-state index in [1.807, 2.05) is 41.7 Å². The van der Waals surface area contributed by atoms with Gasteiger partial charge in [-0.2, -0.15) is 41.2 Å². The van der Waals surface area contributed by atoms with Gasteiger partial charge in [0.25, 0.3) is 11.8 Å². The Labute approximate surface area is 402 Å².